The molecule has 0 aliphatic carbocycles. The van der Waals surface area contributed by atoms with Crippen molar-refractivity contribution in [1.29, 1.82) is 0 Å². The molecule has 1 heterocycles. The van der Waals surface area contributed by atoms with Gasteiger partial charge in [-0.05, 0) is 50.2 Å². The molecule has 0 bridgehead atoms. The van der Waals surface area contributed by atoms with Gasteiger partial charge in [0.25, 0.3) is 5.91 Å². The number of aromatic hydroxyl groups is 1. The number of carbonyl (C=O) groups excluding carboxylic acids is 1. The lowest BCUT2D eigenvalue weighted by atomic mass is 10.2. The van der Waals surface area contributed by atoms with Gasteiger partial charge in [-0.2, -0.15) is 0 Å². The maximum absolute atomic E-state index is 12.0. The second-order valence-corrected chi connectivity index (χ2v) is 4.73. The van der Waals surface area contributed by atoms with Gasteiger partial charge >= 0.3 is 0 Å². The summed E-state index contributed by atoms with van der Waals surface area (Å²) in [6.45, 7) is 4.04. The standard InChI is InChI=1S/C15H17N3O2/c1-10(2)17-14-8-3-11(9-16-14)15(20)18-12-4-6-13(19)7-5-12/h3-10,19H,1-2H3,(H,16,17)(H,18,20). The zero-order valence-corrected chi connectivity index (χ0v) is 11.4. The molecule has 104 valence electrons. The van der Waals surface area contributed by atoms with E-state index in [4.69, 9.17) is 0 Å². The Hall–Kier alpha value is -2.56. The Morgan fingerprint density at radius 3 is 2.40 bits per heavy atom. The minimum absolute atomic E-state index is 0.161. The zero-order chi connectivity index (χ0) is 14.5. The van der Waals surface area contributed by atoms with Crippen LogP contribution in [0.5, 0.6) is 5.75 Å². The average molecular weight is 271 g/mol. The smallest absolute Gasteiger partial charge is 0.257 e. The van der Waals surface area contributed by atoms with E-state index in [2.05, 4.69) is 15.6 Å². The topological polar surface area (TPSA) is 74.2 Å². The van der Waals surface area contributed by atoms with E-state index < -0.39 is 0 Å². The third-order valence-electron chi connectivity index (χ3n) is 2.59. The highest BCUT2D eigenvalue weighted by molar-refractivity contribution is 6.04. The summed E-state index contributed by atoms with van der Waals surface area (Å²) in [6.07, 6.45) is 1.53. The summed E-state index contributed by atoms with van der Waals surface area (Å²) < 4.78 is 0. The molecule has 20 heavy (non-hydrogen) atoms. The van der Waals surface area contributed by atoms with Crippen LogP contribution in [0.2, 0.25) is 0 Å². The van der Waals surface area contributed by atoms with Crippen LogP contribution < -0.4 is 10.6 Å². The molecule has 1 aromatic carbocycles. The fourth-order valence-corrected chi connectivity index (χ4v) is 1.66. The van der Waals surface area contributed by atoms with Crippen molar-refractivity contribution >= 4 is 17.4 Å². The Bertz CT molecular complexity index is 577. The molecule has 0 spiro atoms. The van der Waals surface area contributed by atoms with Gasteiger partial charge < -0.3 is 15.7 Å². The highest BCUT2D eigenvalue weighted by atomic mass is 16.3. The van der Waals surface area contributed by atoms with Crippen molar-refractivity contribution in [3.8, 4) is 5.75 Å². The van der Waals surface area contributed by atoms with Gasteiger partial charge in [-0.1, -0.05) is 0 Å². The van der Waals surface area contributed by atoms with Crippen molar-refractivity contribution < 1.29 is 9.90 Å². The molecule has 0 atom stereocenters. The van der Waals surface area contributed by atoms with Crippen LogP contribution >= 0.6 is 0 Å². The third-order valence-corrected chi connectivity index (χ3v) is 2.59. The largest absolute Gasteiger partial charge is 0.508 e. The molecule has 5 nitrogen and oxygen atoms in total. The van der Waals surface area contributed by atoms with Crippen LogP contribution in [0.1, 0.15) is 24.2 Å². The minimum Gasteiger partial charge on any atom is -0.508 e. The first-order valence-electron chi connectivity index (χ1n) is 6.37. The first-order valence-corrected chi connectivity index (χ1v) is 6.37. The molecule has 1 aromatic heterocycles. The number of phenols is 1. The fourth-order valence-electron chi connectivity index (χ4n) is 1.66. The molecule has 0 saturated carbocycles. The van der Waals surface area contributed by atoms with Crippen LogP contribution in [0, 0.1) is 0 Å². The number of hydrogen-bond donors (Lipinski definition) is 3. The van der Waals surface area contributed by atoms with Gasteiger partial charge in [0, 0.05) is 17.9 Å². The molecule has 5 heteroatoms. The summed E-state index contributed by atoms with van der Waals surface area (Å²) in [5.74, 6) is 0.661. The van der Waals surface area contributed by atoms with Crippen LogP contribution in [-0.4, -0.2) is 22.0 Å². The lowest BCUT2D eigenvalue weighted by Gasteiger charge is -2.09. The van der Waals surface area contributed by atoms with E-state index in [-0.39, 0.29) is 11.7 Å². The summed E-state index contributed by atoms with van der Waals surface area (Å²) in [4.78, 5) is 16.2. The van der Waals surface area contributed by atoms with Crippen molar-refractivity contribution in [2.45, 2.75) is 19.9 Å². The van der Waals surface area contributed by atoms with E-state index >= 15 is 0 Å². The number of phenolic OH excluding ortho intramolecular Hbond substituents is 1. The Morgan fingerprint density at radius 2 is 1.85 bits per heavy atom. The molecule has 2 aromatic rings. The quantitative estimate of drug-likeness (QED) is 0.747. The first kappa shape index (κ1) is 13.9. The monoisotopic (exact) mass is 271 g/mol. The summed E-state index contributed by atoms with van der Waals surface area (Å²) >= 11 is 0. The van der Waals surface area contributed by atoms with Gasteiger partial charge in [0.15, 0.2) is 0 Å². The van der Waals surface area contributed by atoms with Crippen LogP contribution in [-0.2, 0) is 0 Å². The molecule has 0 aliphatic heterocycles. The van der Waals surface area contributed by atoms with E-state index in [1.165, 1.54) is 18.3 Å². The predicted molar refractivity (Wildman–Crippen MR) is 79.1 cm³/mol. The number of anilines is 2. The van der Waals surface area contributed by atoms with Crippen LogP contribution in [0.3, 0.4) is 0 Å². The molecule has 3 N–H and O–H groups in total. The van der Waals surface area contributed by atoms with Gasteiger partial charge in [-0.3, -0.25) is 4.79 Å². The van der Waals surface area contributed by atoms with Gasteiger partial charge in [0.1, 0.15) is 11.6 Å². The summed E-state index contributed by atoms with van der Waals surface area (Å²) in [5.41, 5.74) is 1.10. The second kappa shape index (κ2) is 6.06. The Kier molecular flexibility index (Phi) is 4.20. The third kappa shape index (κ3) is 3.71. The number of pyridine rings is 1. The predicted octanol–water partition coefficient (Wildman–Crippen LogP) is 2.86. The fraction of sp³-hybridized carbons (Fsp3) is 0.200. The van der Waals surface area contributed by atoms with E-state index in [1.54, 1.807) is 24.3 Å². The van der Waals surface area contributed by atoms with E-state index in [0.717, 1.165) is 5.82 Å². The number of amides is 1. The van der Waals surface area contributed by atoms with Gasteiger partial charge in [0.2, 0.25) is 0 Å². The molecule has 0 aliphatic rings. The van der Waals surface area contributed by atoms with Gasteiger partial charge in [-0.25, -0.2) is 4.98 Å². The SMILES string of the molecule is CC(C)Nc1ccc(C(=O)Nc2ccc(O)cc2)cn1. The Balaban J connectivity index is 2.03. The number of hydrogen-bond acceptors (Lipinski definition) is 4. The van der Waals surface area contributed by atoms with Crippen LogP contribution in [0.15, 0.2) is 42.6 Å². The molecular formula is C15H17N3O2. The maximum atomic E-state index is 12.0. The number of benzene rings is 1. The minimum atomic E-state index is -0.237. The molecule has 1 amide bonds. The first-order chi connectivity index (χ1) is 9.54. The maximum Gasteiger partial charge on any atom is 0.257 e. The highest BCUT2D eigenvalue weighted by Crippen LogP contribution is 2.15. The number of nitrogens with zero attached hydrogens (tertiary/aromatic N) is 1. The van der Waals surface area contributed by atoms with Crippen molar-refractivity contribution in [2.75, 3.05) is 10.6 Å². The van der Waals surface area contributed by atoms with Crippen molar-refractivity contribution in [3.05, 3.63) is 48.2 Å². The molecule has 2 rings (SSSR count). The van der Waals surface area contributed by atoms with Crippen LogP contribution in [0.4, 0.5) is 11.5 Å². The molecule has 0 radical (unpaired) electrons. The molecule has 0 saturated heterocycles. The molecular weight excluding hydrogens is 254 g/mol. The zero-order valence-electron chi connectivity index (χ0n) is 11.4. The highest BCUT2D eigenvalue weighted by Gasteiger charge is 2.07. The number of carbonyl (C=O) groups is 1. The molecule has 0 fully saturated rings. The van der Waals surface area contributed by atoms with Gasteiger partial charge in [-0.15, -0.1) is 0 Å². The number of rotatable bonds is 4. The summed E-state index contributed by atoms with van der Waals surface area (Å²) in [5, 5.41) is 15.1. The normalized spacial score (nSPS) is 10.3. The number of nitrogens with one attached hydrogen (secondary N) is 2. The summed E-state index contributed by atoms with van der Waals surface area (Å²) in [7, 11) is 0. The van der Waals surface area contributed by atoms with Crippen molar-refractivity contribution in [3.63, 3.8) is 0 Å². The van der Waals surface area contributed by atoms with Gasteiger partial charge in [0.05, 0.1) is 5.56 Å². The van der Waals surface area contributed by atoms with Crippen LogP contribution in [0.25, 0.3) is 0 Å². The summed E-state index contributed by atoms with van der Waals surface area (Å²) in [6, 6.07) is 10.1. The molecule has 0 unspecified atom stereocenters. The number of aromatic nitrogens is 1. The Labute approximate surface area is 117 Å². The lowest BCUT2D eigenvalue weighted by molar-refractivity contribution is 0.102. The van der Waals surface area contributed by atoms with Crippen molar-refractivity contribution in [2.24, 2.45) is 0 Å². The second-order valence-electron chi connectivity index (χ2n) is 4.73. The average Bonchev–Trinajstić information content (AvgIpc) is 2.41. The lowest BCUT2D eigenvalue weighted by Crippen LogP contribution is -2.14. The van der Waals surface area contributed by atoms with E-state index in [9.17, 15) is 9.90 Å². The van der Waals surface area contributed by atoms with Crippen molar-refractivity contribution in [1.82, 2.24) is 4.98 Å². The van der Waals surface area contributed by atoms with E-state index in [1.807, 2.05) is 13.8 Å². The van der Waals surface area contributed by atoms with E-state index in [0.29, 0.717) is 17.3 Å². The Morgan fingerprint density at radius 1 is 1.15 bits per heavy atom.